The third-order valence-electron chi connectivity index (χ3n) is 2.97. The number of benzene rings is 1. The third-order valence-corrected chi connectivity index (χ3v) is 2.97. The number of nitrogens with two attached hydrogens (primary N) is 1. The van der Waals surface area contributed by atoms with Crippen LogP contribution in [0.2, 0.25) is 0 Å². The Bertz CT molecular complexity index is 586. The van der Waals surface area contributed by atoms with E-state index < -0.39 is 0 Å². The summed E-state index contributed by atoms with van der Waals surface area (Å²) < 4.78 is 5.46. The van der Waals surface area contributed by atoms with Gasteiger partial charge in [0.2, 0.25) is 5.88 Å². The number of ether oxygens (including phenoxy) is 1. The number of hydrogen-bond donors (Lipinski definition) is 1. The van der Waals surface area contributed by atoms with Gasteiger partial charge in [0.25, 0.3) is 0 Å². The van der Waals surface area contributed by atoms with Crippen molar-refractivity contribution >= 4 is 11.5 Å². The molecule has 0 aliphatic rings. The van der Waals surface area contributed by atoms with Crippen molar-refractivity contribution in [3.63, 3.8) is 0 Å². The van der Waals surface area contributed by atoms with Gasteiger partial charge in [-0.1, -0.05) is 12.1 Å². The van der Waals surface area contributed by atoms with Crippen molar-refractivity contribution in [1.82, 2.24) is 9.97 Å². The van der Waals surface area contributed by atoms with E-state index in [0.717, 1.165) is 17.1 Å². The van der Waals surface area contributed by atoms with E-state index in [1.54, 1.807) is 0 Å². The van der Waals surface area contributed by atoms with Crippen molar-refractivity contribution in [3.8, 4) is 5.88 Å². The standard InChI is InChI=1S/C15H20N4O/c1-4-20-15-9-14(17-11(2)18-15)19(3)13-7-5-6-12(8-13)10-16/h5-9H,4,10,16H2,1-3H3. The maximum Gasteiger partial charge on any atom is 0.218 e. The van der Waals surface area contributed by atoms with E-state index in [1.807, 2.05) is 50.1 Å². The summed E-state index contributed by atoms with van der Waals surface area (Å²) in [5.41, 5.74) is 7.80. The maximum absolute atomic E-state index is 5.68. The van der Waals surface area contributed by atoms with Gasteiger partial charge in [-0.2, -0.15) is 4.98 Å². The highest BCUT2D eigenvalue weighted by molar-refractivity contribution is 5.60. The fourth-order valence-electron chi connectivity index (χ4n) is 1.94. The van der Waals surface area contributed by atoms with Gasteiger partial charge in [-0.25, -0.2) is 4.98 Å². The quantitative estimate of drug-likeness (QED) is 0.905. The second-order valence-corrected chi connectivity index (χ2v) is 4.48. The van der Waals surface area contributed by atoms with Crippen LogP contribution in [0, 0.1) is 6.92 Å². The molecule has 1 aromatic heterocycles. The van der Waals surface area contributed by atoms with E-state index >= 15 is 0 Å². The Labute approximate surface area is 119 Å². The summed E-state index contributed by atoms with van der Waals surface area (Å²) in [5.74, 6) is 2.08. The summed E-state index contributed by atoms with van der Waals surface area (Å²) in [4.78, 5) is 10.7. The molecule has 0 bridgehead atoms. The molecule has 5 nitrogen and oxygen atoms in total. The second-order valence-electron chi connectivity index (χ2n) is 4.48. The van der Waals surface area contributed by atoms with Crippen molar-refractivity contribution in [2.45, 2.75) is 20.4 Å². The Hall–Kier alpha value is -2.14. The van der Waals surface area contributed by atoms with Crippen molar-refractivity contribution in [2.75, 3.05) is 18.6 Å². The first-order valence-corrected chi connectivity index (χ1v) is 6.65. The van der Waals surface area contributed by atoms with Crippen LogP contribution in [0.4, 0.5) is 11.5 Å². The van der Waals surface area contributed by atoms with Crippen LogP contribution in [0.3, 0.4) is 0 Å². The number of aryl methyl sites for hydroxylation is 1. The van der Waals surface area contributed by atoms with Crippen LogP contribution in [-0.2, 0) is 6.54 Å². The van der Waals surface area contributed by atoms with Crippen molar-refractivity contribution in [2.24, 2.45) is 5.73 Å². The number of nitrogens with zero attached hydrogens (tertiary/aromatic N) is 3. The first-order valence-electron chi connectivity index (χ1n) is 6.65. The summed E-state index contributed by atoms with van der Waals surface area (Å²) in [6.07, 6.45) is 0. The van der Waals surface area contributed by atoms with Gasteiger partial charge in [0, 0.05) is 25.3 Å². The molecule has 0 saturated heterocycles. The molecule has 1 aromatic carbocycles. The lowest BCUT2D eigenvalue weighted by Gasteiger charge is -2.20. The number of anilines is 2. The van der Waals surface area contributed by atoms with Crippen molar-refractivity contribution in [3.05, 3.63) is 41.7 Å². The summed E-state index contributed by atoms with van der Waals surface area (Å²) >= 11 is 0. The highest BCUT2D eigenvalue weighted by Crippen LogP contribution is 2.25. The first kappa shape index (κ1) is 14.3. The largest absolute Gasteiger partial charge is 0.478 e. The van der Waals surface area contributed by atoms with Gasteiger partial charge in [-0.3, -0.25) is 0 Å². The van der Waals surface area contributed by atoms with E-state index in [4.69, 9.17) is 10.5 Å². The van der Waals surface area contributed by atoms with E-state index in [0.29, 0.717) is 24.9 Å². The molecular weight excluding hydrogens is 252 g/mol. The molecule has 2 N–H and O–H groups in total. The van der Waals surface area contributed by atoms with Gasteiger partial charge >= 0.3 is 0 Å². The Morgan fingerprint density at radius 1 is 1.25 bits per heavy atom. The van der Waals surface area contributed by atoms with Crippen LogP contribution in [0.1, 0.15) is 18.3 Å². The Balaban J connectivity index is 2.34. The minimum absolute atomic E-state index is 0.522. The topological polar surface area (TPSA) is 64.3 Å². The molecule has 2 rings (SSSR count). The highest BCUT2D eigenvalue weighted by atomic mass is 16.5. The molecule has 0 radical (unpaired) electrons. The number of aromatic nitrogens is 2. The Morgan fingerprint density at radius 2 is 2.05 bits per heavy atom. The van der Waals surface area contributed by atoms with Gasteiger partial charge in [-0.15, -0.1) is 0 Å². The van der Waals surface area contributed by atoms with Gasteiger partial charge in [-0.05, 0) is 31.5 Å². The molecule has 0 unspecified atom stereocenters. The van der Waals surface area contributed by atoms with E-state index in [2.05, 4.69) is 16.0 Å². The minimum Gasteiger partial charge on any atom is -0.478 e. The molecule has 0 aliphatic carbocycles. The molecule has 5 heteroatoms. The predicted octanol–water partition coefficient (Wildman–Crippen LogP) is 2.41. The van der Waals surface area contributed by atoms with Crippen LogP contribution in [0.5, 0.6) is 5.88 Å². The second kappa shape index (κ2) is 6.34. The van der Waals surface area contributed by atoms with Crippen LogP contribution >= 0.6 is 0 Å². The summed E-state index contributed by atoms with van der Waals surface area (Å²) in [6, 6.07) is 9.92. The molecule has 20 heavy (non-hydrogen) atoms. The highest BCUT2D eigenvalue weighted by Gasteiger charge is 2.09. The Morgan fingerprint density at radius 3 is 2.75 bits per heavy atom. The van der Waals surface area contributed by atoms with Crippen LogP contribution in [-0.4, -0.2) is 23.6 Å². The molecule has 0 amide bonds. The van der Waals surface area contributed by atoms with Crippen molar-refractivity contribution < 1.29 is 4.74 Å². The average Bonchev–Trinajstić information content (AvgIpc) is 2.46. The van der Waals surface area contributed by atoms with E-state index in [-0.39, 0.29) is 0 Å². The van der Waals surface area contributed by atoms with E-state index in [9.17, 15) is 0 Å². The van der Waals surface area contributed by atoms with E-state index in [1.165, 1.54) is 0 Å². The van der Waals surface area contributed by atoms with Crippen molar-refractivity contribution in [1.29, 1.82) is 0 Å². The maximum atomic E-state index is 5.68. The van der Waals surface area contributed by atoms with Crippen LogP contribution < -0.4 is 15.4 Å². The monoisotopic (exact) mass is 272 g/mol. The molecule has 0 fully saturated rings. The lowest BCUT2D eigenvalue weighted by Crippen LogP contribution is -2.13. The zero-order chi connectivity index (χ0) is 14.5. The molecule has 0 atom stereocenters. The molecule has 1 heterocycles. The van der Waals surface area contributed by atoms with Crippen LogP contribution in [0.25, 0.3) is 0 Å². The minimum atomic E-state index is 0.522. The van der Waals surface area contributed by atoms with Gasteiger partial charge in [0.05, 0.1) is 6.61 Å². The van der Waals surface area contributed by atoms with Gasteiger partial charge in [0.15, 0.2) is 0 Å². The fraction of sp³-hybridized carbons (Fsp3) is 0.333. The lowest BCUT2D eigenvalue weighted by molar-refractivity contribution is 0.325. The lowest BCUT2D eigenvalue weighted by atomic mass is 10.2. The zero-order valence-corrected chi connectivity index (χ0v) is 12.1. The summed E-state index contributed by atoms with van der Waals surface area (Å²) in [5, 5.41) is 0. The summed E-state index contributed by atoms with van der Waals surface area (Å²) in [7, 11) is 1.97. The SMILES string of the molecule is CCOc1cc(N(C)c2cccc(CN)c2)nc(C)n1. The normalized spacial score (nSPS) is 10.4. The van der Waals surface area contributed by atoms with Gasteiger partial charge < -0.3 is 15.4 Å². The summed E-state index contributed by atoms with van der Waals surface area (Å²) in [6.45, 7) is 4.90. The third kappa shape index (κ3) is 3.24. The predicted molar refractivity (Wildman–Crippen MR) is 80.3 cm³/mol. The molecule has 106 valence electrons. The zero-order valence-electron chi connectivity index (χ0n) is 12.1. The average molecular weight is 272 g/mol. The number of hydrogen-bond acceptors (Lipinski definition) is 5. The first-order chi connectivity index (χ1) is 9.63. The number of rotatable bonds is 5. The molecular formula is C15H20N4O. The molecule has 0 aliphatic heterocycles. The Kier molecular flexibility index (Phi) is 4.53. The smallest absolute Gasteiger partial charge is 0.218 e. The molecule has 0 spiro atoms. The molecule has 2 aromatic rings. The fourth-order valence-corrected chi connectivity index (χ4v) is 1.94. The molecule has 0 saturated carbocycles. The van der Waals surface area contributed by atoms with Gasteiger partial charge in [0.1, 0.15) is 11.6 Å². The van der Waals surface area contributed by atoms with Crippen LogP contribution in [0.15, 0.2) is 30.3 Å².